The molecule has 4 nitrogen and oxygen atoms in total. The van der Waals surface area contributed by atoms with Gasteiger partial charge in [0.25, 0.3) is 0 Å². The van der Waals surface area contributed by atoms with E-state index in [4.69, 9.17) is 10.5 Å². The van der Waals surface area contributed by atoms with Gasteiger partial charge in [-0.3, -0.25) is 0 Å². The van der Waals surface area contributed by atoms with Crippen molar-refractivity contribution in [2.45, 2.75) is 30.6 Å². The maximum absolute atomic E-state index is 6.19. The standard InChI is InChI=1S/C14H19N3OS2/c1-3-8-18-12-6-4-11(5-7-12)13(15)9-19-14-16-10(2)17-20-14/h4-7,13H,3,8-9,15H2,1-2H3. The number of benzene rings is 1. The second-order valence-corrected chi connectivity index (χ2v) is 6.46. The molecule has 108 valence electrons. The average molecular weight is 309 g/mol. The first-order valence-corrected chi connectivity index (χ1v) is 8.36. The predicted molar refractivity (Wildman–Crippen MR) is 84.5 cm³/mol. The van der Waals surface area contributed by atoms with E-state index in [0.29, 0.717) is 0 Å². The van der Waals surface area contributed by atoms with E-state index in [0.717, 1.165) is 40.3 Å². The van der Waals surface area contributed by atoms with E-state index in [2.05, 4.69) is 16.3 Å². The SMILES string of the molecule is CCCOc1ccc(C(N)CSc2nc(C)ns2)cc1. The van der Waals surface area contributed by atoms with E-state index in [1.165, 1.54) is 11.5 Å². The van der Waals surface area contributed by atoms with Crippen LogP contribution in [-0.4, -0.2) is 21.7 Å². The molecule has 1 aromatic heterocycles. The Kier molecular flexibility index (Phi) is 5.82. The van der Waals surface area contributed by atoms with Gasteiger partial charge in [0.05, 0.1) is 6.61 Å². The number of ether oxygens (including phenoxy) is 1. The first kappa shape index (κ1) is 15.3. The van der Waals surface area contributed by atoms with Gasteiger partial charge in [0.15, 0.2) is 4.34 Å². The van der Waals surface area contributed by atoms with Crippen LogP contribution in [0.25, 0.3) is 0 Å². The molecule has 0 aliphatic carbocycles. The molecule has 1 aromatic carbocycles. The molecule has 0 radical (unpaired) electrons. The van der Waals surface area contributed by atoms with Gasteiger partial charge < -0.3 is 10.5 Å². The molecule has 1 heterocycles. The minimum atomic E-state index is -0.00979. The van der Waals surface area contributed by atoms with Crippen LogP contribution < -0.4 is 10.5 Å². The molecule has 2 N–H and O–H groups in total. The molecule has 0 fully saturated rings. The molecule has 2 rings (SSSR count). The Hall–Kier alpha value is -1.11. The lowest BCUT2D eigenvalue weighted by Gasteiger charge is -2.11. The van der Waals surface area contributed by atoms with Crippen molar-refractivity contribution in [1.82, 2.24) is 9.36 Å². The molecule has 2 aromatic rings. The van der Waals surface area contributed by atoms with Gasteiger partial charge in [-0.2, -0.15) is 4.37 Å². The van der Waals surface area contributed by atoms with E-state index in [-0.39, 0.29) is 6.04 Å². The molecule has 0 aliphatic rings. The number of aromatic nitrogens is 2. The molecule has 0 aliphatic heterocycles. The Morgan fingerprint density at radius 3 is 2.70 bits per heavy atom. The lowest BCUT2D eigenvalue weighted by molar-refractivity contribution is 0.317. The van der Waals surface area contributed by atoms with Crippen LogP contribution >= 0.6 is 23.3 Å². The topological polar surface area (TPSA) is 61.0 Å². The number of hydrogen-bond acceptors (Lipinski definition) is 6. The normalized spacial score (nSPS) is 12.3. The molecule has 0 spiro atoms. The van der Waals surface area contributed by atoms with Gasteiger partial charge >= 0.3 is 0 Å². The molecule has 1 unspecified atom stereocenters. The lowest BCUT2D eigenvalue weighted by Crippen LogP contribution is -2.12. The molecule has 6 heteroatoms. The predicted octanol–water partition coefficient (Wildman–Crippen LogP) is 3.43. The summed E-state index contributed by atoms with van der Waals surface area (Å²) in [5, 5.41) is 0. The Morgan fingerprint density at radius 2 is 2.10 bits per heavy atom. The van der Waals surface area contributed by atoms with E-state index < -0.39 is 0 Å². The van der Waals surface area contributed by atoms with Crippen molar-refractivity contribution in [1.29, 1.82) is 0 Å². The molecule has 0 saturated carbocycles. The molecule has 20 heavy (non-hydrogen) atoms. The maximum Gasteiger partial charge on any atom is 0.170 e. The van der Waals surface area contributed by atoms with Crippen LogP contribution in [0.5, 0.6) is 5.75 Å². The summed E-state index contributed by atoms with van der Waals surface area (Å²) >= 11 is 3.08. The van der Waals surface area contributed by atoms with Crippen molar-refractivity contribution in [3.8, 4) is 5.75 Å². The highest BCUT2D eigenvalue weighted by Crippen LogP contribution is 2.25. The maximum atomic E-state index is 6.19. The zero-order chi connectivity index (χ0) is 14.4. The summed E-state index contributed by atoms with van der Waals surface area (Å²) in [6.45, 7) is 4.74. The molecule has 0 amide bonds. The summed E-state index contributed by atoms with van der Waals surface area (Å²) in [6, 6.07) is 8.00. The Labute approximate surface area is 127 Å². The first-order chi connectivity index (χ1) is 9.69. The third-order valence-corrected chi connectivity index (χ3v) is 4.72. The van der Waals surface area contributed by atoms with Gasteiger partial charge in [-0.1, -0.05) is 30.8 Å². The Balaban J connectivity index is 1.86. The third-order valence-electron chi connectivity index (χ3n) is 2.68. The van der Waals surface area contributed by atoms with Crippen molar-refractivity contribution in [2.24, 2.45) is 5.73 Å². The van der Waals surface area contributed by atoms with Crippen LogP contribution in [0.15, 0.2) is 28.6 Å². The van der Waals surface area contributed by atoms with Gasteiger partial charge in [-0.15, -0.1) is 0 Å². The van der Waals surface area contributed by atoms with Crippen molar-refractivity contribution in [3.05, 3.63) is 35.7 Å². The Bertz CT molecular complexity index is 527. The number of nitrogens with two attached hydrogens (primary N) is 1. The van der Waals surface area contributed by atoms with Crippen LogP contribution in [0.4, 0.5) is 0 Å². The van der Waals surface area contributed by atoms with Crippen LogP contribution in [0.3, 0.4) is 0 Å². The van der Waals surface area contributed by atoms with Gasteiger partial charge in [-0.05, 0) is 42.6 Å². The fourth-order valence-electron chi connectivity index (χ4n) is 1.63. The van der Waals surface area contributed by atoms with Crippen molar-refractivity contribution < 1.29 is 4.74 Å². The van der Waals surface area contributed by atoms with Crippen LogP contribution in [0, 0.1) is 6.92 Å². The summed E-state index contributed by atoms with van der Waals surface area (Å²) in [5.74, 6) is 2.52. The van der Waals surface area contributed by atoms with Crippen LogP contribution in [0.2, 0.25) is 0 Å². The smallest absolute Gasteiger partial charge is 0.170 e. The monoisotopic (exact) mass is 309 g/mol. The quantitative estimate of drug-likeness (QED) is 0.794. The van der Waals surface area contributed by atoms with E-state index in [9.17, 15) is 0 Å². The number of hydrogen-bond donors (Lipinski definition) is 1. The van der Waals surface area contributed by atoms with Crippen molar-refractivity contribution >= 4 is 23.3 Å². The minimum absolute atomic E-state index is 0.00979. The van der Waals surface area contributed by atoms with Gasteiger partial charge in [-0.25, -0.2) is 4.98 Å². The largest absolute Gasteiger partial charge is 0.494 e. The minimum Gasteiger partial charge on any atom is -0.494 e. The van der Waals surface area contributed by atoms with Crippen LogP contribution in [-0.2, 0) is 0 Å². The number of thioether (sulfide) groups is 1. The van der Waals surface area contributed by atoms with E-state index >= 15 is 0 Å². The first-order valence-electron chi connectivity index (χ1n) is 6.60. The molecular weight excluding hydrogens is 290 g/mol. The second-order valence-electron chi connectivity index (χ2n) is 4.44. The lowest BCUT2D eigenvalue weighted by atomic mass is 10.1. The summed E-state index contributed by atoms with van der Waals surface area (Å²) in [5.41, 5.74) is 7.31. The van der Waals surface area contributed by atoms with E-state index in [1.54, 1.807) is 11.8 Å². The Morgan fingerprint density at radius 1 is 1.35 bits per heavy atom. The van der Waals surface area contributed by atoms with E-state index in [1.807, 2.05) is 31.2 Å². The third kappa shape index (κ3) is 4.47. The summed E-state index contributed by atoms with van der Waals surface area (Å²) in [7, 11) is 0. The highest BCUT2D eigenvalue weighted by Gasteiger charge is 2.09. The zero-order valence-corrected chi connectivity index (χ0v) is 13.3. The summed E-state index contributed by atoms with van der Waals surface area (Å²) in [4.78, 5) is 4.32. The number of aryl methyl sites for hydroxylation is 1. The van der Waals surface area contributed by atoms with Crippen molar-refractivity contribution in [2.75, 3.05) is 12.4 Å². The fourth-order valence-corrected chi connectivity index (χ4v) is 3.29. The second kappa shape index (κ2) is 7.61. The molecule has 0 saturated heterocycles. The zero-order valence-electron chi connectivity index (χ0n) is 11.7. The van der Waals surface area contributed by atoms with Gasteiger partial charge in [0.1, 0.15) is 11.6 Å². The highest BCUT2D eigenvalue weighted by molar-refractivity contribution is 8.00. The fraction of sp³-hybridized carbons (Fsp3) is 0.429. The summed E-state index contributed by atoms with van der Waals surface area (Å²) in [6.07, 6.45) is 1.01. The van der Waals surface area contributed by atoms with Gasteiger partial charge in [0, 0.05) is 11.8 Å². The highest BCUT2D eigenvalue weighted by atomic mass is 32.2. The average Bonchev–Trinajstić information content (AvgIpc) is 2.89. The van der Waals surface area contributed by atoms with Gasteiger partial charge in [0.2, 0.25) is 0 Å². The molecular formula is C14H19N3OS2. The van der Waals surface area contributed by atoms with Crippen molar-refractivity contribution in [3.63, 3.8) is 0 Å². The van der Waals surface area contributed by atoms with Crippen LogP contribution in [0.1, 0.15) is 30.8 Å². The molecule has 0 bridgehead atoms. The molecule has 1 atom stereocenters. The number of rotatable bonds is 7. The summed E-state index contributed by atoms with van der Waals surface area (Å²) < 4.78 is 10.7. The number of nitrogens with zero attached hydrogens (tertiary/aromatic N) is 2.